The van der Waals surface area contributed by atoms with Crippen molar-refractivity contribution in [3.63, 3.8) is 0 Å². The summed E-state index contributed by atoms with van der Waals surface area (Å²) in [5, 5.41) is 12.4. The monoisotopic (exact) mass is 500 g/mol. The van der Waals surface area contributed by atoms with E-state index in [0.717, 1.165) is 4.70 Å². The average Bonchev–Trinajstić information content (AvgIpc) is 3.50. The van der Waals surface area contributed by atoms with Gasteiger partial charge in [-0.1, -0.05) is 59.3 Å². The molecule has 0 radical (unpaired) electrons. The van der Waals surface area contributed by atoms with Crippen LogP contribution in [-0.2, 0) is 9.59 Å². The van der Waals surface area contributed by atoms with E-state index in [0.29, 0.717) is 38.3 Å². The molecule has 0 spiro atoms. The minimum absolute atomic E-state index is 0.00718. The molecular formula is C26H17ClN4O3S. The number of aliphatic hydroxyl groups excluding tert-OH is 1. The third-order valence-electron chi connectivity index (χ3n) is 6.03. The van der Waals surface area contributed by atoms with Gasteiger partial charge in [-0.05, 0) is 42.8 Å². The van der Waals surface area contributed by atoms with Gasteiger partial charge in [-0.2, -0.15) is 0 Å². The number of amides is 1. The van der Waals surface area contributed by atoms with Gasteiger partial charge in [0, 0.05) is 11.2 Å². The average molecular weight is 501 g/mol. The Balaban J connectivity index is 1.61. The van der Waals surface area contributed by atoms with E-state index in [2.05, 4.69) is 9.97 Å². The minimum Gasteiger partial charge on any atom is -0.505 e. The summed E-state index contributed by atoms with van der Waals surface area (Å²) in [5.41, 5.74) is 2.88. The quantitative estimate of drug-likeness (QED) is 0.200. The van der Waals surface area contributed by atoms with Gasteiger partial charge in [0.25, 0.3) is 5.78 Å². The summed E-state index contributed by atoms with van der Waals surface area (Å²) in [6.45, 7) is 1.76. The van der Waals surface area contributed by atoms with Crippen LogP contribution < -0.4 is 4.90 Å². The Hall–Kier alpha value is -4.01. The first-order chi connectivity index (χ1) is 16.9. The molecule has 6 rings (SSSR count). The number of pyridine rings is 1. The van der Waals surface area contributed by atoms with E-state index in [9.17, 15) is 14.7 Å². The van der Waals surface area contributed by atoms with Crippen LogP contribution >= 0.6 is 22.9 Å². The number of hydrogen-bond donors (Lipinski definition) is 1. The maximum Gasteiger partial charge on any atom is 0.301 e. The van der Waals surface area contributed by atoms with Crippen LogP contribution in [0.25, 0.3) is 21.6 Å². The molecular weight excluding hydrogens is 484 g/mol. The molecule has 1 aliphatic heterocycles. The van der Waals surface area contributed by atoms with Gasteiger partial charge in [0.15, 0.2) is 10.9 Å². The van der Waals surface area contributed by atoms with Crippen molar-refractivity contribution < 1.29 is 14.7 Å². The Labute approximate surface area is 208 Å². The van der Waals surface area contributed by atoms with Gasteiger partial charge < -0.3 is 5.11 Å². The molecule has 1 aliphatic rings. The van der Waals surface area contributed by atoms with Crippen LogP contribution in [0.3, 0.4) is 0 Å². The number of aryl methyl sites for hydroxylation is 1. The van der Waals surface area contributed by atoms with Crippen LogP contribution in [0.5, 0.6) is 0 Å². The van der Waals surface area contributed by atoms with Crippen molar-refractivity contribution in [1.29, 1.82) is 0 Å². The zero-order valence-electron chi connectivity index (χ0n) is 18.3. The largest absolute Gasteiger partial charge is 0.505 e. The lowest BCUT2D eigenvalue weighted by Crippen LogP contribution is -2.29. The number of rotatable bonds is 3. The Kier molecular flexibility index (Phi) is 4.94. The first-order valence-electron chi connectivity index (χ1n) is 10.8. The summed E-state index contributed by atoms with van der Waals surface area (Å²) in [6, 6.07) is 19.0. The molecule has 4 heterocycles. The fourth-order valence-corrected chi connectivity index (χ4v) is 5.76. The summed E-state index contributed by atoms with van der Waals surface area (Å²) >= 11 is 7.41. The number of imidazole rings is 1. The summed E-state index contributed by atoms with van der Waals surface area (Å²) in [4.78, 5) is 37.3. The summed E-state index contributed by atoms with van der Waals surface area (Å²) in [7, 11) is 0. The van der Waals surface area contributed by atoms with Gasteiger partial charge >= 0.3 is 5.91 Å². The summed E-state index contributed by atoms with van der Waals surface area (Å²) < 4.78 is 2.50. The lowest BCUT2D eigenvalue weighted by Gasteiger charge is -2.22. The van der Waals surface area contributed by atoms with Gasteiger partial charge in [0.2, 0.25) is 0 Å². The number of aromatic nitrogens is 3. The molecule has 1 saturated heterocycles. The molecule has 3 aromatic heterocycles. The predicted molar refractivity (Wildman–Crippen MR) is 136 cm³/mol. The van der Waals surface area contributed by atoms with Gasteiger partial charge in [0.05, 0.1) is 27.5 Å². The van der Waals surface area contributed by atoms with Crippen LogP contribution in [0.4, 0.5) is 5.13 Å². The smallest absolute Gasteiger partial charge is 0.301 e. The van der Waals surface area contributed by atoms with E-state index < -0.39 is 17.7 Å². The molecule has 5 aromatic rings. The number of hydrogen-bond acceptors (Lipinski definition) is 6. The number of nitrogens with zero attached hydrogens (tertiary/aromatic N) is 4. The number of Topliss-reactive ketones (excluding diaryl/α,β-unsaturated/α-hetero) is 1. The number of carbonyl (C=O) groups excluding carboxylic acids is 2. The topological polar surface area (TPSA) is 87.8 Å². The molecule has 9 heteroatoms. The van der Waals surface area contributed by atoms with Crippen molar-refractivity contribution in [2.75, 3.05) is 4.90 Å². The van der Waals surface area contributed by atoms with E-state index >= 15 is 0 Å². The van der Waals surface area contributed by atoms with Crippen LogP contribution in [0, 0.1) is 6.92 Å². The number of benzene rings is 2. The third kappa shape index (κ3) is 3.33. The number of halogens is 1. The molecule has 7 nitrogen and oxygen atoms in total. The lowest BCUT2D eigenvalue weighted by molar-refractivity contribution is -0.132. The van der Waals surface area contributed by atoms with E-state index in [1.165, 1.54) is 16.2 Å². The molecule has 1 unspecified atom stereocenters. The zero-order valence-corrected chi connectivity index (χ0v) is 19.9. The maximum atomic E-state index is 13.4. The lowest BCUT2D eigenvalue weighted by atomic mass is 9.96. The highest BCUT2D eigenvalue weighted by atomic mass is 35.5. The van der Waals surface area contributed by atoms with Crippen molar-refractivity contribution in [2.45, 2.75) is 13.0 Å². The Morgan fingerprint density at radius 3 is 2.60 bits per heavy atom. The number of anilines is 1. The first-order valence-corrected chi connectivity index (χ1v) is 12.0. The first kappa shape index (κ1) is 21.5. The molecule has 0 aliphatic carbocycles. The second kappa shape index (κ2) is 8.04. The standard InChI is InChI=1S/C26H17ClN4O3S/c1-14-21(30-12-6-5-9-19(30)28-14)23(32)20-22(15-7-3-2-4-8-15)31(25(34)24(20)33)26-29-17-11-10-16(27)13-18(17)35-26/h2-13,22,32H,1H3. The number of ketones is 1. The molecule has 1 amide bonds. The van der Waals surface area contributed by atoms with Gasteiger partial charge in [0.1, 0.15) is 11.3 Å². The highest BCUT2D eigenvalue weighted by Gasteiger charge is 2.48. The van der Waals surface area contributed by atoms with Crippen LogP contribution in [0.2, 0.25) is 5.02 Å². The highest BCUT2D eigenvalue weighted by molar-refractivity contribution is 7.22. The Morgan fingerprint density at radius 1 is 1.03 bits per heavy atom. The van der Waals surface area contributed by atoms with Crippen molar-refractivity contribution >= 4 is 61.4 Å². The fraction of sp³-hybridized carbons (Fsp3) is 0.0769. The molecule has 0 bridgehead atoms. The second-order valence-electron chi connectivity index (χ2n) is 8.16. The molecule has 1 N–H and O–H groups in total. The Bertz CT molecular complexity index is 1690. The molecule has 1 fully saturated rings. The van der Waals surface area contributed by atoms with Gasteiger partial charge in [-0.15, -0.1) is 0 Å². The normalized spacial score (nSPS) is 17.7. The SMILES string of the molecule is Cc1nc2ccccn2c1C(O)=C1C(=O)C(=O)N(c2nc3ccc(Cl)cc3s2)C1c1ccccc1. The van der Waals surface area contributed by atoms with E-state index in [-0.39, 0.29) is 11.3 Å². The summed E-state index contributed by atoms with van der Waals surface area (Å²) in [6.07, 6.45) is 1.76. The summed E-state index contributed by atoms with van der Waals surface area (Å²) in [5.74, 6) is -1.81. The van der Waals surface area contributed by atoms with Crippen LogP contribution in [-0.4, -0.2) is 31.2 Å². The predicted octanol–water partition coefficient (Wildman–Crippen LogP) is 5.53. The van der Waals surface area contributed by atoms with E-state index in [1.807, 2.05) is 48.5 Å². The fourth-order valence-electron chi connectivity index (χ4n) is 4.50. The zero-order chi connectivity index (χ0) is 24.3. The van der Waals surface area contributed by atoms with Crippen molar-refractivity contribution in [3.05, 3.63) is 100 Å². The van der Waals surface area contributed by atoms with Crippen molar-refractivity contribution in [1.82, 2.24) is 14.4 Å². The molecule has 1 atom stereocenters. The molecule has 2 aromatic carbocycles. The van der Waals surface area contributed by atoms with Gasteiger partial charge in [-0.25, -0.2) is 9.97 Å². The number of aliphatic hydroxyl groups is 1. The maximum absolute atomic E-state index is 13.4. The molecule has 0 saturated carbocycles. The van der Waals surface area contributed by atoms with E-state index in [4.69, 9.17) is 11.6 Å². The number of fused-ring (bicyclic) bond motifs is 2. The van der Waals surface area contributed by atoms with Crippen molar-refractivity contribution in [3.8, 4) is 0 Å². The third-order valence-corrected chi connectivity index (χ3v) is 7.29. The van der Waals surface area contributed by atoms with Crippen molar-refractivity contribution in [2.24, 2.45) is 0 Å². The van der Waals surface area contributed by atoms with Gasteiger partial charge in [-0.3, -0.25) is 18.9 Å². The second-order valence-corrected chi connectivity index (χ2v) is 9.61. The Morgan fingerprint density at radius 2 is 1.80 bits per heavy atom. The van der Waals surface area contributed by atoms with Crippen LogP contribution in [0.15, 0.2) is 78.5 Å². The van der Waals surface area contributed by atoms with E-state index in [1.54, 1.807) is 35.7 Å². The van der Waals surface area contributed by atoms with Crippen LogP contribution in [0.1, 0.15) is 23.0 Å². The number of thiazole rings is 1. The molecule has 35 heavy (non-hydrogen) atoms. The highest BCUT2D eigenvalue weighted by Crippen LogP contribution is 2.44. The minimum atomic E-state index is -0.860. The number of carbonyl (C=O) groups is 2. The molecule has 172 valence electrons.